The van der Waals surface area contributed by atoms with Crippen LogP contribution in [0.1, 0.15) is 50.4 Å². The van der Waals surface area contributed by atoms with Crippen LogP contribution in [0.5, 0.6) is 0 Å². The smallest absolute Gasteiger partial charge is 0.244 e. The Kier molecular flexibility index (Phi) is 4.82. The minimum Gasteiger partial charge on any atom is -0.390 e. The monoisotopic (exact) mass is 301 g/mol. The molecule has 114 valence electrons. The van der Waals surface area contributed by atoms with Gasteiger partial charge in [0.15, 0.2) is 0 Å². The Bertz CT molecular complexity index is 547. The normalized spacial score (nSPS) is 19.1. The van der Waals surface area contributed by atoms with Crippen LogP contribution in [-0.4, -0.2) is 29.8 Å². The molecule has 1 saturated carbocycles. The van der Waals surface area contributed by atoms with Crippen molar-refractivity contribution in [1.82, 2.24) is 14.9 Å². The molecule has 7 heteroatoms. The van der Waals surface area contributed by atoms with Gasteiger partial charge in [0, 0.05) is 6.04 Å². The number of aromatic nitrogens is 2. The van der Waals surface area contributed by atoms with Gasteiger partial charge in [0.2, 0.25) is 10.0 Å². The second-order valence-corrected chi connectivity index (χ2v) is 7.24. The van der Waals surface area contributed by atoms with Crippen LogP contribution in [0.4, 0.5) is 0 Å². The Labute approximate surface area is 120 Å². The summed E-state index contributed by atoms with van der Waals surface area (Å²) in [5.74, 6) is 0.392. The van der Waals surface area contributed by atoms with Crippen LogP contribution in [0, 0.1) is 12.8 Å². The molecular formula is C13H23N3O3S. The quantitative estimate of drug-likeness (QED) is 0.767. The van der Waals surface area contributed by atoms with Crippen molar-refractivity contribution in [2.75, 3.05) is 0 Å². The second kappa shape index (κ2) is 6.24. The SMILES string of the molecule is Cc1[nH]nc(CO)c1S(=O)(=O)NC(C)C1CCCCC1. The molecule has 6 nitrogen and oxygen atoms in total. The molecule has 1 atom stereocenters. The molecule has 1 aliphatic rings. The number of hydrogen-bond donors (Lipinski definition) is 3. The number of hydrogen-bond acceptors (Lipinski definition) is 4. The first kappa shape index (κ1) is 15.5. The van der Waals surface area contributed by atoms with E-state index < -0.39 is 16.6 Å². The van der Waals surface area contributed by atoms with E-state index in [1.807, 2.05) is 6.92 Å². The number of sulfonamides is 1. The van der Waals surface area contributed by atoms with E-state index >= 15 is 0 Å². The van der Waals surface area contributed by atoms with E-state index in [2.05, 4.69) is 14.9 Å². The molecule has 1 unspecified atom stereocenters. The molecule has 20 heavy (non-hydrogen) atoms. The first-order valence-electron chi connectivity index (χ1n) is 7.12. The maximum absolute atomic E-state index is 12.5. The zero-order valence-electron chi connectivity index (χ0n) is 12.0. The van der Waals surface area contributed by atoms with Crippen molar-refractivity contribution >= 4 is 10.0 Å². The van der Waals surface area contributed by atoms with Crippen LogP contribution in [-0.2, 0) is 16.6 Å². The summed E-state index contributed by atoms with van der Waals surface area (Å²) in [6.07, 6.45) is 5.72. The number of nitrogens with one attached hydrogen (secondary N) is 2. The van der Waals surface area contributed by atoms with Crippen molar-refractivity contribution in [3.8, 4) is 0 Å². The summed E-state index contributed by atoms with van der Waals surface area (Å²) in [4.78, 5) is 0.0858. The van der Waals surface area contributed by atoms with Crippen LogP contribution in [0.3, 0.4) is 0 Å². The molecule has 0 radical (unpaired) electrons. The van der Waals surface area contributed by atoms with Gasteiger partial charge in [0.25, 0.3) is 0 Å². The molecule has 2 rings (SSSR count). The number of aliphatic hydroxyl groups is 1. The summed E-state index contributed by atoms with van der Waals surface area (Å²) in [7, 11) is -3.64. The molecule has 1 heterocycles. The molecule has 0 amide bonds. The summed E-state index contributed by atoms with van der Waals surface area (Å²) in [6.45, 7) is 3.17. The van der Waals surface area contributed by atoms with Gasteiger partial charge in [-0.25, -0.2) is 13.1 Å². The Morgan fingerprint density at radius 1 is 1.40 bits per heavy atom. The van der Waals surface area contributed by atoms with E-state index in [9.17, 15) is 13.5 Å². The molecule has 3 N–H and O–H groups in total. The average Bonchev–Trinajstić information content (AvgIpc) is 2.81. The first-order chi connectivity index (χ1) is 9.45. The van der Waals surface area contributed by atoms with E-state index in [0.29, 0.717) is 11.6 Å². The Morgan fingerprint density at radius 2 is 2.05 bits per heavy atom. The van der Waals surface area contributed by atoms with Crippen LogP contribution in [0.25, 0.3) is 0 Å². The van der Waals surface area contributed by atoms with Gasteiger partial charge in [-0.15, -0.1) is 0 Å². The average molecular weight is 301 g/mol. The number of aliphatic hydroxyl groups excluding tert-OH is 1. The summed E-state index contributed by atoms with van der Waals surface area (Å²) >= 11 is 0. The lowest BCUT2D eigenvalue weighted by Gasteiger charge is -2.28. The Hall–Kier alpha value is -0.920. The van der Waals surface area contributed by atoms with Crippen molar-refractivity contribution in [2.24, 2.45) is 5.92 Å². The van der Waals surface area contributed by atoms with Gasteiger partial charge < -0.3 is 5.11 Å². The lowest BCUT2D eigenvalue weighted by molar-refractivity contribution is 0.273. The molecule has 0 saturated heterocycles. The Morgan fingerprint density at radius 3 is 2.65 bits per heavy atom. The minimum atomic E-state index is -3.64. The lowest BCUT2D eigenvalue weighted by Crippen LogP contribution is -2.39. The topological polar surface area (TPSA) is 95.1 Å². The van der Waals surface area contributed by atoms with Crippen LogP contribution >= 0.6 is 0 Å². The minimum absolute atomic E-state index is 0.0858. The third kappa shape index (κ3) is 3.21. The summed E-state index contributed by atoms with van der Waals surface area (Å²) in [5, 5.41) is 15.6. The van der Waals surface area contributed by atoms with E-state index in [1.54, 1.807) is 6.92 Å². The molecule has 1 aliphatic carbocycles. The maximum atomic E-state index is 12.5. The summed E-state index contributed by atoms with van der Waals surface area (Å²) in [6, 6.07) is -0.0962. The van der Waals surface area contributed by atoms with Gasteiger partial charge >= 0.3 is 0 Å². The third-order valence-corrected chi connectivity index (χ3v) is 5.84. The van der Waals surface area contributed by atoms with Crippen LogP contribution in [0.2, 0.25) is 0 Å². The standard InChI is InChI=1S/C13H23N3O3S/c1-9(11-6-4-3-5-7-11)16-20(18,19)13-10(2)14-15-12(13)8-17/h9,11,16-17H,3-8H2,1-2H3,(H,14,15). The van der Waals surface area contributed by atoms with E-state index in [0.717, 1.165) is 12.8 Å². The van der Waals surface area contributed by atoms with Gasteiger partial charge in [0.05, 0.1) is 12.3 Å². The van der Waals surface area contributed by atoms with Crippen LogP contribution in [0.15, 0.2) is 4.90 Å². The van der Waals surface area contributed by atoms with Crippen molar-refractivity contribution in [3.05, 3.63) is 11.4 Å². The highest BCUT2D eigenvalue weighted by atomic mass is 32.2. The van der Waals surface area contributed by atoms with Crippen molar-refractivity contribution in [3.63, 3.8) is 0 Å². The molecule has 0 spiro atoms. The second-order valence-electron chi connectivity index (χ2n) is 5.59. The molecule has 1 aromatic rings. The zero-order chi connectivity index (χ0) is 14.8. The van der Waals surface area contributed by atoms with E-state index in [1.165, 1.54) is 19.3 Å². The summed E-state index contributed by atoms with van der Waals surface area (Å²) in [5.41, 5.74) is 0.628. The molecule has 0 bridgehead atoms. The molecule has 1 aromatic heterocycles. The highest BCUT2D eigenvalue weighted by molar-refractivity contribution is 7.89. The fraction of sp³-hybridized carbons (Fsp3) is 0.769. The zero-order valence-corrected chi connectivity index (χ0v) is 12.8. The number of aromatic amines is 1. The molecule has 0 aliphatic heterocycles. The first-order valence-corrected chi connectivity index (χ1v) is 8.61. The summed E-state index contributed by atoms with van der Waals surface area (Å²) < 4.78 is 27.7. The van der Waals surface area contributed by atoms with Crippen molar-refractivity contribution in [2.45, 2.75) is 63.5 Å². The number of rotatable bonds is 5. The fourth-order valence-electron chi connectivity index (χ4n) is 2.97. The number of nitrogens with zero attached hydrogens (tertiary/aromatic N) is 1. The maximum Gasteiger partial charge on any atom is 0.244 e. The highest BCUT2D eigenvalue weighted by Gasteiger charge is 2.29. The van der Waals surface area contributed by atoms with E-state index in [-0.39, 0.29) is 16.6 Å². The van der Waals surface area contributed by atoms with Gasteiger partial charge in [-0.3, -0.25) is 5.10 Å². The van der Waals surface area contributed by atoms with Crippen molar-refractivity contribution in [1.29, 1.82) is 0 Å². The molecule has 1 fully saturated rings. The number of aryl methyl sites for hydroxylation is 1. The van der Waals surface area contributed by atoms with Gasteiger partial charge in [-0.05, 0) is 32.6 Å². The fourth-order valence-corrected chi connectivity index (χ4v) is 4.64. The Balaban J connectivity index is 2.16. The largest absolute Gasteiger partial charge is 0.390 e. The van der Waals surface area contributed by atoms with E-state index in [4.69, 9.17) is 0 Å². The van der Waals surface area contributed by atoms with Gasteiger partial charge in [-0.1, -0.05) is 19.3 Å². The lowest BCUT2D eigenvalue weighted by atomic mass is 9.85. The number of H-pyrrole nitrogens is 1. The van der Waals surface area contributed by atoms with Gasteiger partial charge in [-0.2, -0.15) is 5.10 Å². The third-order valence-electron chi connectivity index (χ3n) is 4.08. The van der Waals surface area contributed by atoms with Crippen LogP contribution < -0.4 is 4.72 Å². The molecular weight excluding hydrogens is 278 g/mol. The van der Waals surface area contributed by atoms with Gasteiger partial charge in [0.1, 0.15) is 10.6 Å². The molecule has 0 aromatic carbocycles. The predicted molar refractivity (Wildman–Crippen MR) is 75.6 cm³/mol. The predicted octanol–water partition coefficient (Wildman–Crippen LogP) is 1.46. The van der Waals surface area contributed by atoms with Crippen molar-refractivity contribution < 1.29 is 13.5 Å². The highest BCUT2D eigenvalue weighted by Crippen LogP contribution is 2.27.